The monoisotopic (exact) mass is 670 g/mol. The molecule has 3 aliphatic heterocycles. The number of hydrogen-bond acceptors (Lipinski definition) is 6. The third-order valence-corrected chi connectivity index (χ3v) is 12.3. The number of aromatic nitrogens is 1. The van der Waals surface area contributed by atoms with Crippen LogP contribution in [0.25, 0.3) is 0 Å². The zero-order chi connectivity index (χ0) is 31.4. The number of likely N-dealkylation sites (tertiary alicyclic amines) is 2. The fraction of sp³-hybridized carbons (Fsp3) is 0.471. The standard InChI is InChI=1S/C34H40Cl2N4O4S/c35-30-12-11-29(22-31(30)36)45(42,43)40-28(10-9-26-6-1-2-8-32(26)40)24-44-25-33(41)39-20-14-34(15-21-39,27-7-5-16-37-23-27)13-19-38-17-3-4-18-38/h1-2,5-8,11-12,16,22-23,28H,3-4,9-10,13-15,17-21,24-25H2. The normalized spacial score (nSPS) is 20.3. The fourth-order valence-electron chi connectivity index (χ4n) is 7.10. The van der Waals surface area contributed by atoms with E-state index in [1.165, 1.54) is 54.0 Å². The second-order valence-electron chi connectivity index (χ2n) is 12.4. The molecule has 240 valence electrons. The molecule has 2 fully saturated rings. The van der Waals surface area contributed by atoms with Crippen LogP contribution in [0.5, 0.6) is 0 Å². The summed E-state index contributed by atoms with van der Waals surface area (Å²) in [5.41, 5.74) is 2.83. The first kappa shape index (κ1) is 32.3. The van der Waals surface area contributed by atoms with Crippen molar-refractivity contribution in [3.8, 4) is 0 Å². The van der Waals surface area contributed by atoms with E-state index in [2.05, 4.69) is 16.0 Å². The summed E-state index contributed by atoms with van der Waals surface area (Å²) < 4.78 is 35.4. The van der Waals surface area contributed by atoms with Crippen LogP contribution in [0.2, 0.25) is 10.0 Å². The zero-order valence-corrected chi connectivity index (χ0v) is 27.7. The molecule has 3 aromatic rings. The molecular weight excluding hydrogens is 631 g/mol. The van der Waals surface area contributed by atoms with Crippen molar-refractivity contribution < 1.29 is 17.9 Å². The minimum Gasteiger partial charge on any atom is -0.369 e. The molecule has 1 amide bonds. The number of hydrogen-bond donors (Lipinski definition) is 0. The van der Waals surface area contributed by atoms with Crippen molar-refractivity contribution in [2.24, 2.45) is 0 Å². The molecule has 2 aromatic carbocycles. The number of anilines is 1. The van der Waals surface area contributed by atoms with Crippen LogP contribution < -0.4 is 4.31 Å². The SMILES string of the molecule is O=C(COCC1CCc2ccccc2N1S(=O)(=O)c1ccc(Cl)c(Cl)c1)N1CCC(CCN2CCCC2)(c2cccnc2)CC1. The molecular formula is C34H40Cl2N4O4S. The maximum Gasteiger partial charge on any atom is 0.264 e. The van der Waals surface area contributed by atoms with E-state index < -0.39 is 16.1 Å². The van der Waals surface area contributed by atoms with Crippen molar-refractivity contribution in [1.82, 2.24) is 14.8 Å². The highest BCUT2D eigenvalue weighted by Crippen LogP contribution is 2.40. The number of sulfonamides is 1. The predicted octanol–water partition coefficient (Wildman–Crippen LogP) is 5.96. The third kappa shape index (κ3) is 7.03. The molecule has 0 N–H and O–H groups in total. The summed E-state index contributed by atoms with van der Waals surface area (Å²) in [5, 5.41) is 0.460. The van der Waals surface area contributed by atoms with Gasteiger partial charge in [0.15, 0.2) is 0 Å². The smallest absolute Gasteiger partial charge is 0.264 e. The Kier molecular flexibility index (Phi) is 10.0. The van der Waals surface area contributed by atoms with Crippen LogP contribution in [-0.4, -0.2) is 81.1 Å². The van der Waals surface area contributed by atoms with Gasteiger partial charge in [-0.25, -0.2) is 8.42 Å². The molecule has 4 heterocycles. The quantitative estimate of drug-likeness (QED) is 0.265. The van der Waals surface area contributed by atoms with Crippen molar-refractivity contribution in [3.63, 3.8) is 0 Å². The molecule has 0 bridgehead atoms. The summed E-state index contributed by atoms with van der Waals surface area (Å²) in [6.07, 6.45) is 10.5. The topological polar surface area (TPSA) is 83.0 Å². The Bertz CT molecular complexity index is 1590. The highest BCUT2D eigenvalue weighted by atomic mass is 35.5. The predicted molar refractivity (Wildman–Crippen MR) is 178 cm³/mol. The maximum absolute atomic E-state index is 14.0. The van der Waals surface area contributed by atoms with E-state index in [4.69, 9.17) is 27.9 Å². The summed E-state index contributed by atoms with van der Waals surface area (Å²) in [4.78, 5) is 22.3. The van der Waals surface area contributed by atoms with Crippen molar-refractivity contribution in [2.75, 3.05) is 50.2 Å². The number of halogens is 2. The van der Waals surface area contributed by atoms with Gasteiger partial charge >= 0.3 is 0 Å². The van der Waals surface area contributed by atoms with E-state index >= 15 is 0 Å². The number of benzene rings is 2. The van der Waals surface area contributed by atoms with E-state index in [-0.39, 0.29) is 39.5 Å². The summed E-state index contributed by atoms with van der Waals surface area (Å²) in [6, 6.07) is 15.5. The Morgan fingerprint density at radius 1 is 0.978 bits per heavy atom. The molecule has 0 spiro atoms. The fourth-order valence-corrected chi connectivity index (χ4v) is 9.19. The van der Waals surface area contributed by atoms with Gasteiger partial charge in [-0.05, 0) is 106 Å². The van der Waals surface area contributed by atoms with Crippen LogP contribution in [0.4, 0.5) is 5.69 Å². The van der Waals surface area contributed by atoms with Crippen molar-refractivity contribution in [1.29, 1.82) is 0 Å². The lowest BCUT2D eigenvalue weighted by Gasteiger charge is -2.43. The van der Waals surface area contributed by atoms with Gasteiger partial charge in [-0.1, -0.05) is 47.5 Å². The van der Waals surface area contributed by atoms with Crippen molar-refractivity contribution in [3.05, 3.63) is 88.2 Å². The van der Waals surface area contributed by atoms with E-state index in [9.17, 15) is 13.2 Å². The molecule has 1 aromatic heterocycles. The number of amides is 1. The van der Waals surface area contributed by atoms with Gasteiger partial charge in [0.25, 0.3) is 10.0 Å². The second kappa shape index (κ2) is 14.0. The molecule has 1 unspecified atom stereocenters. The first-order chi connectivity index (χ1) is 21.8. The molecule has 0 saturated carbocycles. The minimum absolute atomic E-state index is 0.00337. The number of ether oxygens (including phenoxy) is 1. The Hall–Kier alpha value is -2.69. The van der Waals surface area contributed by atoms with Crippen LogP contribution in [0.3, 0.4) is 0 Å². The van der Waals surface area contributed by atoms with E-state index in [1.54, 1.807) is 0 Å². The molecule has 1 atom stereocenters. The van der Waals surface area contributed by atoms with Gasteiger partial charge < -0.3 is 14.5 Å². The molecule has 3 aliphatic rings. The second-order valence-corrected chi connectivity index (χ2v) is 15.0. The lowest BCUT2D eigenvalue weighted by atomic mass is 9.71. The largest absolute Gasteiger partial charge is 0.369 e. The van der Waals surface area contributed by atoms with E-state index in [0.717, 1.165) is 31.4 Å². The van der Waals surface area contributed by atoms with Gasteiger partial charge in [-0.15, -0.1) is 0 Å². The van der Waals surface area contributed by atoms with Gasteiger partial charge in [0.05, 0.1) is 33.3 Å². The Balaban J connectivity index is 1.10. The number of piperidine rings is 1. The van der Waals surface area contributed by atoms with Gasteiger partial charge in [0.1, 0.15) is 6.61 Å². The molecule has 0 radical (unpaired) electrons. The Morgan fingerprint density at radius 3 is 2.49 bits per heavy atom. The Labute approximate surface area is 276 Å². The molecule has 45 heavy (non-hydrogen) atoms. The minimum atomic E-state index is -3.98. The number of pyridine rings is 1. The van der Waals surface area contributed by atoms with Crippen LogP contribution in [0.1, 0.15) is 49.7 Å². The van der Waals surface area contributed by atoms with Gasteiger partial charge in [-0.3, -0.25) is 14.1 Å². The summed E-state index contributed by atoms with van der Waals surface area (Å²) in [6.45, 7) is 4.74. The van der Waals surface area contributed by atoms with Crippen molar-refractivity contribution in [2.45, 2.75) is 61.3 Å². The Morgan fingerprint density at radius 2 is 1.76 bits per heavy atom. The van der Waals surface area contributed by atoms with Crippen LogP contribution in [-0.2, 0) is 31.4 Å². The summed E-state index contributed by atoms with van der Waals surface area (Å²) in [5.74, 6) is -0.0653. The first-order valence-corrected chi connectivity index (χ1v) is 18.0. The summed E-state index contributed by atoms with van der Waals surface area (Å²) >= 11 is 12.3. The zero-order valence-electron chi connectivity index (χ0n) is 25.4. The van der Waals surface area contributed by atoms with Crippen LogP contribution >= 0.6 is 23.2 Å². The number of carbonyl (C=O) groups excluding carboxylic acids is 1. The number of nitrogens with zero attached hydrogens (tertiary/aromatic N) is 4. The maximum atomic E-state index is 14.0. The lowest BCUT2D eigenvalue weighted by Crippen LogP contribution is -2.48. The van der Waals surface area contributed by atoms with Crippen LogP contribution in [0, 0.1) is 0 Å². The van der Waals surface area contributed by atoms with Gasteiger partial charge in [0, 0.05) is 30.9 Å². The average Bonchev–Trinajstić information content (AvgIpc) is 3.59. The molecule has 11 heteroatoms. The van der Waals surface area contributed by atoms with Gasteiger partial charge in [-0.2, -0.15) is 0 Å². The number of rotatable bonds is 10. The van der Waals surface area contributed by atoms with Crippen molar-refractivity contribution >= 4 is 44.8 Å². The number of fused-ring (bicyclic) bond motifs is 1. The number of para-hydroxylation sites is 1. The molecule has 8 nitrogen and oxygen atoms in total. The summed E-state index contributed by atoms with van der Waals surface area (Å²) in [7, 11) is -3.98. The molecule has 0 aliphatic carbocycles. The van der Waals surface area contributed by atoms with Crippen LogP contribution in [0.15, 0.2) is 71.9 Å². The highest BCUT2D eigenvalue weighted by molar-refractivity contribution is 7.92. The number of aryl methyl sites for hydroxylation is 1. The highest BCUT2D eigenvalue weighted by Gasteiger charge is 2.39. The van der Waals surface area contributed by atoms with E-state index in [1.807, 2.05) is 47.6 Å². The average molecular weight is 672 g/mol. The van der Waals surface area contributed by atoms with E-state index in [0.29, 0.717) is 31.6 Å². The lowest BCUT2D eigenvalue weighted by molar-refractivity contribution is -0.138. The molecule has 2 saturated heterocycles. The van der Waals surface area contributed by atoms with Gasteiger partial charge in [0.2, 0.25) is 5.91 Å². The third-order valence-electron chi connectivity index (χ3n) is 9.74. The molecule has 6 rings (SSSR count). The first-order valence-electron chi connectivity index (χ1n) is 15.8. The number of carbonyl (C=O) groups is 1.